The van der Waals surface area contributed by atoms with Gasteiger partial charge in [0, 0.05) is 11.0 Å². The van der Waals surface area contributed by atoms with Gasteiger partial charge >= 0.3 is 0 Å². The topological polar surface area (TPSA) is 67.2 Å². The van der Waals surface area contributed by atoms with Crippen LogP contribution in [0.5, 0.6) is 0 Å². The molecule has 2 amide bonds. The van der Waals surface area contributed by atoms with Gasteiger partial charge in [-0.3, -0.25) is 9.59 Å². The number of anilines is 2. The fourth-order valence-electron chi connectivity index (χ4n) is 4.30. The predicted octanol–water partition coefficient (Wildman–Crippen LogP) is 3.89. The Morgan fingerprint density at radius 1 is 1.13 bits per heavy atom. The SMILES string of the molecule is O=C(CN1C(=O)CSc2ccccc21)Nc1ccnn1[C@H]1CCCc2ccccc21. The lowest BCUT2D eigenvalue weighted by Crippen LogP contribution is -2.41. The van der Waals surface area contributed by atoms with Gasteiger partial charge in [0.2, 0.25) is 11.8 Å². The van der Waals surface area contributed by atoms with Crippen LogP contribution in [-0.2, 0) is 16.0 Å². The van der Waals surface area contributed by atoms with E-state index in [0.717, 1.165) is 29.8 Å². The summed E-state index contributed by atoms with van der Waals surface area (Å²) in [6, 6.07) is 18.1. The third-order valence-corrected chi connectivity index (χ3v) is 6.73. The average molecular weight is 419 g/mol. The molecule has 1 aromatic heterocycles. The fourth-order valence-corrected chi connectivity index (χ4v) is 5.23. The number of fused-ring (bicyclic) bond motifs is 2. The van der Waals surface area contributed by atoms with E-state index in [2.05, 4.69) is 34.7 Å². The summed E-state index contributed by atoms with van der Waals surface area (Å²) in [6.07, 6.45) is 4.86. The van der Waals surface area contributed by atoms with Crippen molar-refractivity contribution in [3.63, 3.8) is 0 Å². The van der Waals surface area contributed by atoms with Crippen LogP contribution in [0.4, 0.5) is 11.5 Å². The maximum atomic E-state index is 12.9. The Morgan fingerprint density at radius 3 is 2.90 bits per heavy atom. The van der Waals surface area contributed by atoms with Crippen LogP contribution in [0.25, 0.3) is 0 Å². The van der Waals surface area contributed by atoms with Crippen molar-refractivity contribution in [3.05, 3.63) is 71.9 Å². The van der Waals surface area contributed by atoms with E-state index in [4.69, 9.17) is 0 Å². The van der Waals surface area contributed by atoms with Gasteiger partial charge in [0.1, 0.15) is 12.4 Å². The van der Waals surface area contributed by atoms with E-state index in [-0.39, 0.29) is 24.4 Å². The van der Waals surface area contributed by atoms with Crippen LogP contribution in [0.1, 0.15) is 30.0 Å². The number of carbonyl (C=O) groups excluding carboxylic acids is 2. The van der Waals surface area contributed by atoms with Crippen molar-refractivity contribution in [2.45, 2.75) is 30.2 Å². The number of hydrogen-bond donors (Lipinski definition) is 1. The lowest BCUT2D eigenvalue weighted by Gasteiger charge is -2.29. The molecule has 0 spiro atoms. The number of amides is 2. The number of hydrogen-bond acceptors (Lipinski definition) is 4. The summed E-state index contributed by atoms with van der Waals surface area (Å²) in [6.45, 7) is -0.0111. The quantitative estimate of drug-likeness (QED) is 0.698. The Morgan fingerprint density at radius 2 is 1.97 bits per heavy atom. The van der Waals surface area contributed by atoms with E-state index in [1.165, 1.54) is 22.9 Å². The van der Waals surface area contributed by atoms with Crippen molar-refractivity contribution in [1.29, 1.82) is 0 Å². The maximum Gasteiger partial charge on any atom is 0.245 e. The van der Waals surface area contributed by atoms with E-state index in [9.17, 15) is 9.59 Å². The molecule has 0 bridgehead atoms. The number of nitrogens with one attached hydrogen (secondary N) is 1. The number of rotatable bonds is 4. The summed E-state index contributed by atoms with van der Waals surface area (Å²) in [5, 5.41) is 7.49. The van der Waals surface area contributed by atoms with Gasteiger partial charge in [-0.2, -0.15) is 5.10 Å². The van der Waals surface area contributed by atoms with E-state index < -0.39 is 0 Å². The highest BCUT2D eigenvalue weighted by Gasteiger charge is 2.28. The van der Waals surface area contributed by atoms with E-state index in [1.807, 2.05) is 35.0 Å². The average Bonchev–Trinajstić information content (AvgIpc) is 3.23. The molecule has 2 heterocycles. The molecule has 6 nitrogen and oxygen atoms in total. The zero-order valence-electron chi connectivity index (χ0n) is 16.5. The van der Waals surface area contributed by atoms with Crippen LogP contribution in [0.3, 0.4) is 0 Å². The van der Waals surface area contributed by atoms with Crippen molar-refractivity contribution in [3.8, 4) is 0 Å². The number of aryl methyl sites for hydroxylation is 1. The molecule has 7 heteroatoms. The Balaban J connectivity index is 1.36. The lowest BCUT2D eigenvalue weighted by atomic mass is 9.88. The first kappa shape index (κ1) is 18.9. The van der Waals surface area contributed by atoms with Crippen LogP contribution < -0.4 is 10.2 Å². The third-order valence-electron chi connectivity index (χ3n) is 5.68. The van der Waals surface area contributed by atoms with Gasteiger partial charge in [-0.1, -0.05) is 36.4 Å². The minimum atomic E-state index is -0.226. The fraction of sp³-hybridized carbons (Fsp3) is 0.261. The molecular weight excluding hydrogens is 396 g/mol. The number of para-hydroxylation sites is 1. The monoisotopic (exact) mass is 418 g/mol. The second-order valence-corrected chi connectivity index (χ2v) is 8.57. The third kappa shape index (κ3) is 3.50. The molecule has 0 saturated heterocycles. The normalized spacial score (nSPS) is 17.9. The smallest absolute Gasteiger partial charge is 0.245 e. The second kappa shape index (κ2) is 7.99. The van der Waals surface area contributed by atoms with Crippen molar-refractivity contribution in [2.24, 2.45) is 0 Å². The van der Waals surface area contributed by atoms with Gasteiger partial charge in [0.15, 0.2) is 0 Å². The van der Waals surface area contributed by atoms with Crippen LogP contribution >= 0.6 is 11.8 Å². The van der Waals surface area contributed by atoms with Gasteiger partial charge in [-0.25, -0.2) is 4.68 Å². The highest BCUT2D eigenvalue weighted by atomic mass is 32.2. The summed E-state index contributed by atoms with van der Waals surface area (Å²) in [4.78, 5) is 27.9. The molecule has 152 valence electrons. The first-order valence-electron chi connectivity index (χ1n) is 10.1. The maximum absolute atomic E-state index is 12.9. The van der Waals surface area contributed by atoms with Gasteiger partial charge in [-0.05, 0) is 42.5 Å². The first-order chi connectivity index (χ1) is 14.7. The molecule has 0 unspecified atom stereocenters. The summed E-state index contributed by atoms with van der Waals surface area (Å²) in [7, 11) is 0. The molecule has 2 aliphatic rings. The molecule has 1 aliphatic carbocycles. The molecule has 1 N–H and O–H groups in total. The summed E-state index contributed by atoms with van der Waals surface area (Å²) < 4.78 is 1.90. The minimum Gasteiger partial charge on any atom is -0.309 e. The minimum absolute atomic E-state index is 0.0111. The number of carbonyl (C=O) groups is 2. The second-order valence-electron chi connectivity index (χ2n) is 7.55. The Kier molecular flexibility index (Phi) is 5.04. The summed E-state index contributed by atoms with van der Waals surface area (Å²) in [5.74, 6) is 0.731. The molecule has 0 radical (unpaired) electrons. The van der Waals surface area contributed by atoms with Crippen LogP contribution in [0, 0.1) is 0 Å². The Labute approximate surface area is 179 Å². The van der Waals surface area contributed by atoms with E-state index >= 15 is 0 Å². The van der Waals surface area contributed by atoms with Gasteiger partial charge < -0.3 is 10.2 Å². The van der Waals surface area contributed by atoms with E-state index in [1.54, 1.807) is 11.1 Å². The Hall–Kier alpha value is -3.06. The highest BCUT2D eigenvalue weighted by Crippen LogP contribution is 2.36. The molecular formula is C23H22N4O2S. The molecule has 0 saturated carbocycles. The predicted molar refractivity (Wildman–Crippen MR) is 118 cm³/mol. The van der Waals surface area contributed by atoms with Crippen molar-refractivity contribution >= 4 is 35.1 Å². The number of aromatic nitrogens is 2. The zero-order valence-corrected chi connectivity index (χ0v) is 17.3. The largest absolute Gasteiger partial charge is 0.309 e. The number of thioether (sulfide) groups is 1. The molecule has 1 aliphatic heterocycles. The number of nitrogens with zero attached hydrogens (tertiary/aromatic N) is 3. The first-order valence-corrected chi connectivity index (χ1v) is 11.1. The van der Waals surface area contributed by atoms with Crippen molar-refractivity contribution < 1.29 is 9.59 Å². The molecule has 0 fully saturated rings. The standard InChI is InChI=1S/C23H22N4O2S/c28-22(14-26-19-9-3-4-11-20(19)30-15-23(26)29)25-21-12-13-24-27(21)18-10-5-7-16-6-1-2-8-17(16)18/h1-4,6,8-9,11-13,18H,5,7,10,14-15H2,(H,25,28)/t18-/m0/s1. The van der Waals surface area contributed by atoms with E-state index in [0.29, 0.717) is 11.6 Å². The van der Waals surface area contributed by atoms with Crippen molar-refractivity contribution in [2.75, 3.05) is 22.5 Å². The Bertz CT molecular complexity index is 1110. The van der Waals surface area contributed by atoms with Crippen LogP contribution in [0.2, 0.25) is 0 Å². The molecule has 2 aromatic carbocycles. The summed E-state index contributed by atoms with van der Waals surface area (Å²) >= 11 is 1.51. The number of benzene rings is 2. The van der Waals surface area contributed by atoms with Crippen molar-refractivity contribution in [1.82, 2.24) is 9.78 Å². The van der Waals surface area contributed by atoms with Gasteiger partial charge in [0.05, 0.1) is 23.7 Å². The molecule has 5 rings (SSSR count). The zero-order chi connectivity index (χ0) is 20.5. The summed E-state index contributed by atoms with van der Waals surface area (Å²) in [5.41, 5.74) is 3.40. The van der Waals surface area contributed by atoms with Crippen LogP contribution in [0.15, 0.2) is 65.7 Å². The molecule has 1 atom stereocenters. The molecule has 3 aromatic rings. The highest BCUT2D eigenvalue weighted by molar-refractivity contribution is 8.00. The lowest BCUT2D eigenvalue weighted by molar-refractivity contribution is -0.120. The van der Waals surface area contributed by atoms with Gasteiger partial charge in [-0.15, -0.1) is 11.8 Å². The van der Waals surface area contributed by atoms with Crippen LogP contribution in [-0.4, -0.2) is 33.9 Å². The van der Waals surface area contributed by atoms with Gasteiger partial charge in [0.25, 0.3) is 0 Å². The molecule has 30 heavy (non-hydrogen) atoms.